The molecule has 0 atom stereocenters. The molecule has 0 aliphatic carbocycles. The SMILES string of the molecule is CCCNC(=O)CN(C)Cc1nc(N)c2ccsc2n1. The molecule has 0 radical (unpaired) electrons. The van der Waals surface area contributed by atoms with Gasteiger partial charge in [-0.2, -0.15) is 0 Å². The van der Waals surface area contributed by atoms with Crippen LogP contribution in [0.25, 0.3) is 10.2 Å². The summed E-state index contributed by atoms with van der Waals surface area (Å²) in [5.41, 5.74) is 5.90. The molecule has 2 aromatic rings. The van der Waals surface area contributed by atoms with Crippen LogP contribution in [-0.2, 0) is 11.3 Å². The van der Waals surface area contributed by atoms with E-state index in [1.165, 1.54) is 11.3 Å². The van der Waals surface area contributed by atoms with E-state index < -0.39 is 0 Å². The number of nitrogens with zero attached hydrogens (tertiary/aromatic N) is 3. The summed E-state index contributed by atoms with van der Waals surface area (Å²) in [5, 5.41) is 5.68. The molecule has 0 saturated heterocycles. The highest BCUT2D eigenvalue weighted by Crippen LogP contribution is 2.22. The van der Waals surface area contributed by atoms with Crippen molar-refractivity contribution >= 4 is 33.3 Å². The van der Waals surface area contributed by atoms with Gasteiger partial charge in [0.15, 0.2) is 0 Å². The summed E-state index contributed by atoms with van der Waals surface area (Å²) in [5.74, 6) is 1.15. The minimum Gasteiger partial charge on any atom is -0.383 e. The van der Waals surface area contributed by atoms with E-state index in [2.05, 4.69) is 15.3 Å². The molecule has 2 heterocycles. The highest BCUT2D eigenvalue weighted by molar-refractivity contribution is 7.16. The number of nitrogens with one attached hydrogen (secondary N) is 1. The maximum atomic E-state index is 11.6. The van der Waals surface area contributed by atoms with Gasteiger partial charge in [-0.25, -0.2) is 9.97 Å². The lowest BCUT2D eigenvalue weighted by Gasteiger charge is -2.15. The number of amides is 1. The fraction of sp³-hybridized carbons (Fsp3) is 0.462. The van der Waals surface area contributed by atoms with Gasteiger partial charge in [-0.05, 0) is 24.9 Å². The van der Waals surface area contributed by atoms with E-state index in [4.69, 9.17) is 5.73 Å². The summed E-state index contributed by atoms with van der Waals surface area (Å²) in [4.78, 5) is 23.1. The number of nitrogen functional groups attached to an aromatic ring is 1. The zero-order valence-electron chi connectivity index (χ0n) is 11.7. The Labute approximate surface area is 122 Å². The smallest absolute Gasteiger partial charge is 0.234 e. The Balaban J connectivity index is 1.98. The highest BCUT2D eigenvalue weighted by Gasteiger charge is 2.11. The first-order valence-corrected chi connectivity index (χ1v) is 7.43. The number of aromatic nitrogens is 2. The number of anilines is 1. The van der Waals surface area contributed by atoms with Gasteiger partial charge in [-0.1, -0.05) is 6.92 Å². The van der Waals surface area contributed by atoms with E-state index in [9.17, 15) is 4.79 Å². The number of rotatable bonds is 6. The van der Waals surface area contributed by atoms with Gasteiger partial charge in [0.05, 0.1) is 18.5 Å². The topological polar surface area (TPSA) is 84.1 Å². The molecule has 108 valence electrons. The second kappa shape index (κ2) is 6.62. The first kappa shape index (κ1) is 14.7. The average molecular weight is 293 g/mol. The van der Waals surface area contributed by atoms with Crippen LogP contribution in [0.3, 0.4) is 0 Å². The monoisotopic (exact) mass is 293 g/mol. The van der Waals surface area contributed by atoms with Gasteiger partial charge in [0, 0.05) is 6.54 Å². The Morgan fingerprint density at radius 2 is 2.30 bits per heavy atom. The molecule has 2 rings (SSSR count). The lowest BCUT2D eigenvalue weighted by Crippen LogP contribution is -2.35. The highest BCUT2D eigenvalue weighted by atomic mass is 32.1. The number of hydrogen-bond acceptors (Lipinski definition) is 6. The summed E-state index contributed by atoms with van der Waals surface area (Å²) in [6.07, 6.45) is 0.935. The van der Waals surface area contributed by atoms with Crippen LogP contribution >= 0.6 is 11.3 Å². The minimum atomic E-state index is 0.0134. The molecule has 2 aromatic heterocycles. The summed E-state index contributed by atoms with van der Waals surface area (Å²) in [7, 11) is 1.86. The molecule has 0 fully saturated rings. The molecule has 0 aliphatic rings. The van der Waals surface area contributed by atoms with Gasteiger partial charge in [0.1, 0.15) is 16.5 Å². The van der Waals surface area contributed by atoms with Crippen LogP contribution in [0.5, 0.6) is 0 Å². The third-order valence-electron chi connectivity index (χ3n) is 2.80. The van der Waals surface area contributed by atoms with Crippen LogP contribution in [0.1, 0.15) is 19.2 Å². The zero-order valence-corrected chi connectivity index (χ0v) is 12.5. The predicted molar refractivity (Wildman–Crippen MR) is 81.5 cm³/mol. The average Bonchev–Trinajstić information content (AvgIpc) is 2.84. The molecule has 0 unspecified atom stereocenters. The maximum absolute atomic E-state index is 11.6. The summed E-state index contributed by atoms with van der Waals surface area (Å²) in [6, 6.07) is 1.92. The number of likely N-dealkylation sites (N-methyl/N-ethyl adjacent to an activating group) is 1. The van der Waals surface area contributed by atoms with Gasteiger partial charge in [0.2, 0.25) is 5.91 Å². The maximum Gasteiger partial charge on any atom is 0.234 e. The third-order valence-corrected chi connectivity index (χ3v) is 3.60. The number of carbonyl (C=O) groups is 1. The van der Waals surface area contributed by atoms with Crippen molar-refractivity contribution in [2.75, 3.05) is 25.9 Å². The second-order valence-corrected chi connectivity index (χ2v) is 5.58. The normalized spacial score (nSPS) is 11.2. The molecule has 6 nitrogen and oxygen atoms in total. The third kappa shape index (κ3) is 3.64. The number of thiophene rings is 1. The van der Waals surface area contributed by atoms with Crippen molar-refractivity contribution in [2.24, 2.45) is 0 Å². The quantitative estimate of drug-likeness (QED) is 0.837. The van der Waals surface area contributed by atoms with Crippen LogP contribution in [-0.4, -0.2) is 40.9 Å². The summed E-state index contributed by atoms with van der Waals surface area (Å²) >= 11 is 1.54. The summed E-state index contributed by atoms with van der Waals surface area (Å²) < 4.78 is 0. The minimum absolute atomic E-state index is 0.0134. The lowest BCUT2D eigenvalue weighted by molar-refractivity contribution is -0.122. The lowest BCUT2D eigenvalue weighted by atomic mass is 10.3. The van der Waals surface area contributed by atoms with Crippen molar-refractivity contribution in [2.45, 2.75) is 19.9 Å². The van der Waals surface area contributed by atoms with E-state index in [1.807, 2.05) is 30.3 Å². The van der Waals surface area contributed by atoms with Gasteiger partial charge in [-0.3, -0.25) is 9.69 Å². The van der Waals surface area contributed by atoms with E-state index in [0.29, 0.717) is 31.3 Å². The Morgan fingerprint density at radius 1 is 1.50 bits per heavy atom. The second-order valence-electron chi connectivity index (χ2n) is 4.69. The Hall–Kier alpha value is -1.73. The van der Waals surface area contributed by atoms with Crippen molar-refractivity contribution in [3.8, 4) is 0 Å². The van der Waals surface area contributed by atoms with Crippen molar-refractivity contribution in [1.82, 2.24) is 20.2 Å². The van der Waals surface area contributed by atoms with Gasteiger partial charge in [0.25, 0.3) is 0 Å². The number of carbonyl (C=O) groups excluding carboxylic acids is 1. The Bertz CT molecular complexity index is 597. The fourth-order valence-corrected chi connectivity index (χ4v) is 2.65. The Morgan fingerprint density at radius 3 is 3.05 bits per heavy atom. The number of hydrogen-bond donors (Lipinski definition) is 2. The molecule has 0 spiro atoms. The van der Waals surface area contributed by atoms with Crippen LogP contribution in [0.4, 0.5) is 5.82 Å². The van der Waals surface area contributed by atoms with E-state index in [0.717, 1.165) is 16.6 Å². The largest absolute Gasteiger partial charge is 0.383 e. The zero-order chi connectivity index (χ0) is 14.5. The standard InChI is InChI=1S/C13H19N5OS/c1-3-5-15-11(19)8-18(2)7-10-16-12(14)9-4-6-20-13(9)17-10/h4,6H,3,5,7-8H2,1-2H3,(H,15,19)(H2,14,16,17). The number of fused-ring (bicyclic) bond motifs is 1. The fourth-order valence-electron chi connectivity index (χ4n) is 1.86. The molecule has 0 saturated carbocycles. The van der Waals surface area contributed by atoms with Crippen LogP contribution < -0.4 is 11.1 Å². The molecular weight excluding hydrogens is 274 g/mol. The van der Waals surface area contributed by atoms with Crippen LogP contribution in [0.15, 0.2) is 11.4 Å². The van der Waals surface area contributed by atoms with E-state index in [1.54, 1.807) is 0 Å². The molecule has 0 aromatic carbocycles. The van der Waals surface area contributed by atoms with Crippen molar-refractivity contribution in [1.29, 1.82) is 0 Å². The molecule has 1 amide bonds. The predicted octanol–water partition coefficient (Wildman–Crippen LogP) is 1.23. The van der Waals surface area contributed by atoms with Crippen LogP contribution in [0.2, 0.25) is 0 Å². The van der Waals surface area contributed by atoms with Crippen molar-refractivity contribution in [3.63, 3.8) is 0 Å². The van der Waals surface area contributed by atoms with Gasteiger partial charge < -0.3 is 11.1 Å². The Kier molecular flexibility index (Phi) is 4.86. The molecule has 7 heteroatoms. The summed E-state index contributed by atoms with van der Waals surface area (Å²) in [6.45, 7) is 3.55. The van der Waals surface area contributed by atoms with Crippen molar-refractivity contribution < 1.29 is 4.79 Å². The van der Waals surface area contributed by atoms with Crippen LogP contribution in [0, 0.1) is 0 Å². The molecule has 20 heavy (non-hydrogen) atoms. The molecule has 3 N–H and O–H groups in total. The number of nitrogens with two attached hydrogens (primary N) is 1. The van der Waals surface area contributed by atoms with Gasteiger partial charge >= 0.3 is 0 Å². The van der Waals surface area contributed by atoms with Crippen molar-refractivity contribution in [3.05, 3.63) is 17.3 Å². The first-order valence-electron chi connectivity index (χ1n) is 6.55. The van der Waals surface area contributed by atoms with E-state index >= 15 is 0 Å². The molecular formula is C13H19N5OS. The van der Waals surface area contributed by atoms with E-state index in [-0.39, 0.29) is 5.91 Å². The van der Waals surface area contributed by atoms with Gasteiger partial charge in [-0.15, -0.1) is 11.3 Å². The molecule has 0 bridgehead atoms. The first-order chi connectivity index (χ1) is 9.60. The molecule has 0 aliphatic heterocycles.